The second kappa shape index (κ2) is 4.97. The average molecular weight is 210 g/mol. The second-order valence-electron chi connectivity index (χ2n) is 5.01. The molecule has 2 heterocycles. The summed E-state index contributed by atoms with van der Waals surface area (Å²) in [7, 11) is 0. The van der Waals surface area contributed by atoms with Gasteiger partial charge in [0.15, 0.2) is 0 Å². The van der Waals surface area contributed by atoms with E-state index in [0.29, 0.717) is 5.91 Å². The van der Waals surface area contributed by atoms with Crippen LogP contribution >= 0.6 is 0 Å². The van der Waals surface area contributed by atoms with Crippen molar-refractivity contribution in [2.24, 2.45) is 5.92 Å². The van der Waals surface area contributed by atoms with Gasteiger partial charge in [-0.25, -0.2) is 0 Å². The number of amides is 1. The molecule has 0 unspecified atom stereocenters. The molecule has 1 amide bonds. The fourth-order valence-corrected chi connectivity index (χ4v) is 2.51. The van der Waals surface area contributed by atoms with Gasteiger partial charge in [0.25, 0.3) is 0 Å². The van der Waals surface area contributed by atoms with Gasteiger partial charge in [-0.3, -0.25) is 4.79 Å². The molecule has 86 valence electrons. The summed E-state index contributed by atoms with van der Waals surface area (Å²) >= 11 is 0. The summed E-state index contributed by atoms with van der Waals surface area (Å²) in [6.45, 7) is 5.23. The molecule has 1 atom stereocenters. The lowest BCUT2D eigenvalue weighted by Gasteiger charge is -2.34. The van der Waals surface area contributed by atoms with Crippen molar-refractivity contribution < 1.29 is 4.79 Å². The molecule has 0 aromatic heterocycles. The van der Waals surface area contributed by atoms with E-state index in [-0.39, 0.29) is 6.04 Å². The first kappa shape index (κ1) is 10.9. The van der Waals surface area contributed by atoms with Crippen LogP contribution in [0.2, 0.25) is 0 Å². The zero-order valence-electron chi connectivity index (χ0n) is 9.67. The third-order valence-corrected chi connectivity index (χ3v) is 3.70. The number of likely N-dealkylation sites (tertiary alicyclic amines) is 1. The number of nitrogens with zero attached hydrogens (tertiary/aromatic N) is 1. The van der Waals surface area contributed by atoms with Gasteiger partial charge in [0, 0.05) is 13.1 Å². The van der Waals surface area contributed by atoms with Crippen LogP contribution in [0.25, 0.3) is 0 Å². The van der Waals surface area contributed by atoms with Crippen LogP contribution in [-0.2, 0) is 4.79 Å². The van der Waals surface area contributed by atoms with Crippen molar-refractivity contribution in [3.05, 3.63) is 0 Å². The lowest BCUT2D eigenvalue weighted by Crippen LogP contribution is -2.50. The van der Waals surface area contributed by atoms with Gasteiger partial charge >= 0.3 is 0 Å². The van der Waals surface area contributed by atoms with Gasteiger partial charge in [0.05, 0.1) is 6.04 Å². The molecule has 0 spiro atoms. The van der Waals surface area contributed by atoms with Gasteiger partial charge in [0.2, 0.25) is 5.91 Å². The second-order valence-corrected chi connectivity index (χ2v) is 5.01. The third kappa shape index (κ3) is 2.71. The quantitative estimate of drug-likeness (QED) is 0.709. The Bertz CT molecular complexity index is 216. The molecule has 3 nitrogen and oxygen atoms in total. The van der Waals surface area contributed by atoms with Crippen molar-refractivity contribution in [3.63, 3.8) is 0 Å². The number of nitrogens with one attached hydrogen (secondary N) is 1. The van der Waals surface area contributed by atoms with E-state index in [4.69, 9.17) is 0 Å². The molecule has 0 aromatic rings. The van der Waals surface area contributed by atoms with Crippen LogP contribution in [0.5, 0.6) is 0 Å². The maximum Gasteiger partial charge on any atom is 0.239 e. The Hall–Kier alpha value is -0.570. The van der Waals surface area contributed by atoms with E-state index in [1.165, 1.54) is 25.7 Å². The Kier molecular flexibility index (Phi) is 3.62. The molecule has 0 aliphatic carbocycles. The van der Waals surface area contributed by atoms with E-state index in [2.05, 4.69) is 17.1 Å². The first-order valence-electron chi connectivity index (χ1n) is 6.29. The third-order valence-electron chi connectivity index (χ3n) is 3.70. The molecular weight excluding hydrogens is 188 g/mol. The summed E-state index contributed by atoms with van der Waals surface area (Å²) in [6, 6.07) is 0.118. The van der Waals surface area contributed by atoms with Crippen LogP contribution in [-0.4, -0.2) is 36.5 Å². The van der Waals surface area contributed by atoms with Crippen molar-refractivity contribution in [2.75, 3.05) is 19.6 Å². The van der Waals surface area contributed by atoms with Gasteiger partial charge in [0.1, 0.15) is 0 Å². The number of hydrogen-bond donors (Lipinski definition) is 1. The Morgan fingerprint density at radius 2 is 1.93 bits per heavy atom. The highest BCUT2D eigenvalue weighted by Gasteiger charge is 2.27. The lowest BCUT2D eigenvalue weighted by atomic mass is 9.97. The fraction of sp³-hybridized carbons (Fsp3) is 0.917. The Labute approximate surface area is 92.2 Å². The zero-order chi connectivity index (χ0) is 10.7. The van der Waals surface area contributed by atoms with Crippen LogP contribution in [0.4, 0.5) is 0 Å². The number of rotatable bonds is 1. The Morgan fingerprint density at radius 1 is 1.20 bits per heavy atom. The standard InChI is InChI=1S/C12H22N2O/c1-10-5-8-14(9-6-10)12(15)11-4-2-3-7-13-11/h10-11,13H,2-9H2,1H3/t11-/m0/s1. The van der Waals surface area contributed by atoms with Crippen LogP contribution in [0, 0.1) is 5.92 Å². The molecule has 2 rings (SSSR count). The average Bonchev–Trinajstić information content (AvgIpc) is 2.30. The minimum atomic E-state index is 0.118. The van der Waals surface area contributed by atoms with E-state index >= 15 is 0 Å². The maximum atomic E-state index is 12.1. The van der Waals surface area contributed by atoms with E-state index in [9.17, 15) is 4.79 Å². The van der Waals surface area contributed by atoms with Gasteiger partial charge in [-0.2, -0.15) is 0 Å². The summed E-state index contributed by atoms with van der Waals surface area (Å²) in [6.07, 6.45) is 5.82. The first-order valence-corrected chi connectivity index (χ1v) is 6.29. The highest BCUT2D eigenvalue weighted by Crippen LogP contribution is 2.18. The molecule has 3 heteroatoms. The monoisotopic (exact) mass is 210 g/mol. The topological polar surface area (TPSA) is 32.3 Å². The fourth-order valence-electron chi connectivity index (χ4n) is 2.51. The first-order chi connectivity index (χ1) is 7.27. The smallest absolute Gasteiger partial charge is 0.239 e. The molecule has 0 aromatic carbocycles. The highest BCUT2D eigenvalue weighted by molar-refractivity contribution is 5.82. The molecule has 1 N–H and O–H groups in total. The van der Waals surface area contributed by atoms with E-state index in [1.807, 2.05) is 0 Å². The van der Waals surface area contributed by atoms with Crippen molar-refractivity contribution >= 4 is 5.91 Å². The van der Waals surface area contributed by atoms with Crippen LogP contribution in [0.15, 0.2) is 0 Å². The van der Waals surface area contributed by atoms with Gasteiger partial charge in [-0.15, -0.1) is 0 Å². The maximum absolute atomic E-state index is 12.1. The summed E-state index contributed by atoms with van der Waals surface area (Å²) < 4.78 is 0. The summed E-state index contributed by atoms with van der Waals surface area (Å²) in [5.41, 5.74) is 0. The molecule has 0 radical (unpaired) electrons. The van der Waals surface area contributed by atoms with Gasteiger partial charge in [-0.05, 0) is 38.1 Å². The minimum Gasteiger partial charge on any atom is -0.341 e. The summed E-state index contributed by atoms with van der Waals surface area (Å²) in [4.78, 5) is 14.2. The van der Waals surface area contributed by atoms with E-state index in [0.717, 1.165) is 32.0 Å². The number of piperidine rings is 2. The molecule has 2 aliphatic heterocycles. The Morgan fingerprint density at radius 3 is 2.53 bits per heavy atom. The predicted molar refractivity (Wildman–Crippen MR) is 60.6 cm³/mol. The van der Waals surface area contributed by atoms with Crippen molar-refractivity contribution in [3.8, 4) is 0 Å². The molecule has 2 aliphatic rings. The SMILES string of the molecule is CC1CCN(C(=O)[C@@H]2CCCCN2)CC1. The normalized spacial score (nSPS) is 29.1. The van der Waals surface area contributed by atoms with Gasteiger partial charge < -0.3 is 10.2 Å². The molecule has 2 saturated heterocycles. The molecule has 0 saturated carbocycles. The zero-order valence-corrected chi connectivity index (χ0v) is 9.67. The van der Waals surface area contributed by atoms with Crippen molar-refractivity contribution in [2.45, 2.75) is 45.1 Å². The van der Waals surface area contributed by atoms with Crippen LogP contribution in [0.3, 0.4) is 0 Å². The largest absolute Gasteiger partial charge is 0.341 e. The lowest BCUT2D eigenvalue weighted by molar-refractivity contribution is -0.135. The summed E-state index contributed by atoms with van der Waals surface area (Å²) in [5.74, 6) is 1.15. The van der Waals surface area contributed by atoms with E-state index in [1.54, 1.807) is 0 Å². The highest BCUT2D eigenvalue weighted by atomic mass is 16.2. The molecule has 2 fully saturated rings. The molecular formula is C12H22N2O. The summed E-state index contributed by atoms with van der Waals surface area (Å²) in [5, 5.41) is 3.34. The number of carbonyl (C=O) groups excluding carboxylic acids is 1. The van der Waals surface area contributed by atoms with Crippen molar-refractivity contribution in [1.82, 2.24) is 10.2 Å². The molecule has 15 heavy (non-hydrogen) atoms. The van der Waals surface area contributed by atoms with Crippen LogP contribution < -0.4 is 5.32 Å². The predicted octanol–water partition coefficient (Wildman–Crippen LogP) is 1.39. The van der Waals surface area contributed by atoms with Crippen molar-refractivity contribution in [1.29, 1.82) is 0 Å². The molecule has 0 bridgehead atoms. The number of hydrogen-bond acceptors (Lipinski definition) is 2. The van der Waals surface area contributed by atoms with Gasteiger partial charge in [-0.1, -0.05) is 13.3 Å². The van der Waals surface area contributed by atoms with E-state index < -0.39 is 0 Å². The number of carbonyl (C=O) groups is 1. The van der Waals surface area contributed by atoms with Crippen LogP contribution in [0.1, 0.15) is 39.0 Å². The Balaban J connectivity index is 1.84. The minimum absolute atomic E-state index is 0.118.